The van der Waals surface area contributed by atoms with Crippen LogP contribution in [0.3, 0.4) is 0 Å². The topological polar surface area (TPSA) is 53.1 Å². The van der Waals surface area contributed by atoms with Gasteiger partial charge in [-0.25, -0.2) is 0 Å². The molecular weight excluding hydrogens is 314 g/mol. The maximum absolute atomic E-state index is 12.9. The third-order valence-electron chi connectivity index (χ3n) is 5.50. The maximum Gasteiger partial charge on any atom is 0.281 e. The maximum atomic E-state index is 12.9. The Hall–Kier alpha value is -0.210. The van der Waals surface area contributed by atoms with Gasteiger partial charge in [-0.3, -0.25) is 4.90 Å². The lowest BCUT2D eigenvalue weighted by Gasteiger charge is -2.43. The molecule has 0 bridgehead atoms. The van der Waals surface area contributed by atoms with E-state index in [0.29, 0.717) is 32.2 Å². The van der Waals surface area contributed by atoms with E-state index in [1.807, 2.05) is 0 Å². The summed E-state index contributed by atoms with van der Waals surface area (Å²) in [6.45, 7) is 10.5. The van der Waals surface area contributed by atoms with Gasteiger partial charge in [0.15, 0.2) is 0 Å². The van der Waals surface area contributed by atoms with E-state index >= 15 is 0 Å². The van der Waals surface area contributed by atoms with Gasteiger partial charge in [-0.1, -0.05) is 13.8 Å². The molecule has 0 saturated carbocycles. The Bertz CT molecular complexity index is 495. The fourth-order valence-electron chi connectivity index (χ4n) is 4.11. The summed E-state index contributed by atoms with van der Waals surface area (Å²) in [5.41, 5.74) is 0.0947. The molecule has 134 valence electrons. The SMILES string of the molecule is CC1(C)CCCN(S(=O)(=O)N2CCC(N3CCOCC3)CC2)C1. The van der Waals surface area contributed by atoms with Crippen LogP contribution in [0.2, 0.25) is 0 Å². The number of rotatable bonds is 3. The molecule has 3 aliphatic rings. The molecule has 0 atom stereocenters. The molecular formula is C16H31N3O3S. The van der Waals surface area contributed by atoms with Gasteiger partial charge in [0.25, 0.3) is 10.2 Å². The molecule has 0 aromatic carbocycles. The van der Waals surface area contributed by atoms with E-state index in [0.717, 1.165) is 52.0 Å². The molecule has 0 radical (unpaired) electrons. The molecule has 0 aromatic heterocycles. The van der Waals surface area contributed by atoms with Crippen molar-refractivity contribution in [3.63, 3.8) is 0 Å². The molecule has 0 unspecified atom stereocenters. The second-order valence-electron chi connectivity index (χ2n) is 7.89. The third-order valence-corrected chi connectivity index (χ3v) is 7.49. The molecule has 7 heteroatoms. The molecule has 0 aliphatic carbocycles. The van der Waals surface area contributed by atoms with Gasteiger partial charge in [0.2, 0.25) is 0 Å². The first-order chi connectivity index (χ1) is 10.9. The minimum absolute atomic E-state index is 0.0947. The molecule has 0 amide bonds. The second-order valence-corrected chi connectivity index (χ2v) is 9.82. The van der Waals surface area contributed by atoms with Crippen LogP contribution in [0.5, 0.6) is 0 Å². The Labute approximate surface area is 140 Å². The zero-order valence-corrected chi connectivity index (χ0v) is 15.4. The lowest BCUT2D eigenvalue weighted by atomic mass is 9.85. The summed E-state index contributed by atoms with van der Waals surface area (Å²) in [5.74, 6) is 0. The van der Waals surface area contributed by atoms with E-state index in [-0.39, 0.29) is 5.41 Å². The fourth-order valence-corrected chi connectivity index (χ4v) is 5.98. The van der Waals surface area contributed by atoms with E-state index in [9.17, 15) is 8.42 Å². The third kappa shape index (κ3) is 4.07. The summed E-state index contributed by atoms with van der Waals surface area (Å²) in [5, 5.41) is 0. The summed E-state index contributed by atoms with van der Waals surface area (Å²) < 4.78 is 34.7. The van der Waals surface area contributed by atoms with Crippen LogP contribution >= 0.6 is 0 Å². The average Bonchev–Trinajstić information content (AvgIpc) is 2.55. The molecule has 0 N–H and O–H groups in total. The highest BCUT2D eigenvalue weighted by Crippen LogP contribution is 2.31. The van der Waals surface area contributed by atoms with Crippen molar-refractivity contribution in [2.24, 2.45) is 5.41 Å². The van der Waals surface area contributed by atoms with Crippen molar-refractivity contribution >= 4 is 10.2 Å². The van der Waals surface area contributed by atoms with E-state index in [1.54, 1.807) is 8.61 Å². The lowest BCUT2D eigenvalue weighted by Crippen LogP contribution is -2.54. The second kappa shape index (κ2) is 6.96. The summed E-state index contributed by atoms with van der Waals surface area (Å²) in [6.07, 6.45) is 3.96. The van der Waals surface area contributed by atoms with Gasteiger partial charge in [0, 0.05) is 45.3 Å². The summed E-state index contributed by atoms with van der Waals surface area (Å²) in [7, 11) is -3.29. The van der Waals surface area contributed by atoms with Crippen molar-refractivity contribution in [3.8, 4) is 0 Å². The molecule has 3 heterocycles. The highest BCUT2D eigenvalue weighted by Gasteiger charge is 2.38. The van der Waals surface area contributed by atoms with E-state index in [2.05, 4.69) is 18.7 Å². The lowest BCUT2D eigenvalue weighted by molar-refractivity contribution is 0.00566. The van der Waals surface area contributed by atoms with Crippen molar-refractivity contribution < 1.29 is 13.2 Å². The van der Waals surface area contributed by atoms with Gasteiger partial charge in [-0.05, 0) is 31.1 Å². The first kappa shape index (κ1) is 17.6. The minimum Gasteiger partial charge on any atom is -0.379 e. The van der Waals surface area contributed by atoms with Gasteiger partial charge in [0.05, 0.1) is 13.2 Å². The van der Waals surface area contributed by atoms with Crippen LogP contribution in [0, 0.1) is 5.41 Å². The van der Waals surface area contributed by atoms with Gasteiger partial charge in [-0.15, -0.1) is 0 Å². The fraction of sp³-hybridized carbons (Fsp3) is 1.00. The van der Waals surface area contributed by atoms with Gasteiger partial charge in [0.1, 0.15) is 0 Å². The summed E-state index contributed by atoms with van der Waals surface area (Å²) >= 11 is 0. The molecule has 3 aliphatic heterocycles. The molecule has 3 fully saturated rings. The quantitative estimate of drug-likeness (QED) is 0.770. The molecule has 3 rings (SSSR count). The predicted octanol–water partition coefficient (Wildman–Crippen LogP) is 1.15. The predicted molar refractivity (Wildman–Crippen MR) is 90.5 cm³/mol. The van der Waals surface area contributed by atoms with Crippen LogP contribution in [-0.2, 0) is 14.9 Å². The highest BCUT2D eigenvalue weighted by atomic mass is 32.2. The van der Waals surface area contributed by atoms with Crippen molar-refractivity contribution in [1.29, 1.82) is 0 Å². The summed E-state index contributed by atoms with van der Waals surface area (Å²) in [4.78, 5) is 2.47. The average molecular weight is 346 g/mol. The van der Waals surface area contributed by atoms with Crippen LogP contribution in [0.1, 0.15) is 39.5 Å². The number of nitrogens with zero attached hydrogens (tertiary/aromatic N) is 3. The van der Waals surface area contributed by atoms with Crippen molar-refractivity contribution in [2.45, 2.75) is 45.6 Å². The van der Waals surface area contributed by atoms with Crippen LogP contribution in [0.15, 0.2) is 0 Å². The van der Waals surface area contributed by atoms with Crippen LogP contribution < -0.4 is 0 Å². The highest BCUT2D eigenvalue weighted by molar-refractivity contribution is 7.86. The first-order valence-electron chi connectivity index (χ1n) is 8.96. The smallest absolute Gasteiger partial charge is 0.281 e. The largest absolute Gasteiger partial charge is 0.379 e. The zero-order chi connectivity index (χ0) is 16.5. The van der Waals surface area contributed by atoms with Crippen molar-refractivity contribution in [1.82, 2.24) is 13.5 Å². The van der Waals surface area contributed by atoms with Crippen molar-refractivity contribution in [3.05, 3.63) is 0 Å². The first-order valence-corrected chi connectivity index (χ1v) is 10.4. The van der Waals surface area contributed by atoms with Gasteiger partial charge < -0.3 is 4.74 Å². The standard InChI is InChI=1S/C16H31N3O3S/c1-16(2)6-3-7-19(14-16)23(20,21)18-8-4-15(5-9-18)17-10-12-22-13-11-17/h15H,3-14H2,1-2H3. The summed E-state index contributed by atoms with van der Waals surface area (Å²) in [6, 6.07) is 0.517. The number of ether oxygens (including phenoxy) is 1. The van der Waals surface area contributed by atoms with Crippen molar-refractivity contribution in [2.75, 3.05) is 52.5 Å². The van der Waals surface area contributed by atoms with Crippen LogP contribution in [0.4, 0.5) is 0 Å². The van der Waals surface area contributed by atoms with Crippen LogP contribution in [-0.4, -0.2) is 80.5 Å². The minimum atomic E-state index is -3.29. The van der Waals surface area contributed by atoms with Crippen LogP contribution in [0.25, 0.3) is 0 Å². The monoisotopic (exact) mass is 345 g/mol. The number of morpholine rings is 1. The number of hydrogen-bond acceptors (Lipinski definition) is 4. The Balaban J connectivity index is 1.57. The zero-order valence-electron chi connectivity index (χ0n) is 14.5. The Morgan fingerprint density at radius 1 is 0.957 bits per heavy atom. The van der Waals surface area contributed by atoms with E-state index in [4.69, 9.17) is 4.74 Å². The van der Waals surface area contributed by atoms with E-state index < -0.39 is 10.2 Å². The number of hydrogen-bond donors (Lipinski definition) is 0. The normalized spacial score (nSPS) is 29.7. The van der Waals surface area contributed by atoms with E-state index in [1.165, 1.54) is 0 Å². The molecule has 3 saturated heterocycles. The molecule has 0 spiro atoms. The number of piperidine rings is 2. The van der Waals surface area contributed by atoms with Gasteiger partial charge >= 0.3 is 0 Å². The molecule has 0 aromatic rings. The molecule has 23 heavy (non-hydrogen) atoms. The van der Waals surface area contributed by atoms with Gasteiger partial charge in [-0.2, -0.15) is 17.0 Å². The Morgan fingerprint density at radius 3 is 2.22 bits per heavy atom. The Morgan fingerprint density at radius 2 is 1.61 bits per heavy atom. The molecule has 6 nitrogen and oxygen atoms in total. The Kier molecular flexibility index (Phi) is 5.33.